The lowest BCUT2D eigenvalue weighted by Gasteiger charge is -2.48. The van der Waals surface area contributed by atoms with E-state index in [0.717, 1.165) is 11.9 Å². The minimum Gasteiger partial charge on any atom is -0.489 e. The summed E-state index contributed by atoms with van der Waals surface area (Å²) < 4.78 is 48.6. The monoisotopic (exact) mass is 691 g/mol. The van der Waals surface area contributed by atoms with Gasteiger partial charge in [0.2, 0.25) is 11.8 Å². The second-order valence-electron chi connectivity index (χ2n) is 11.5. The summed E-state index contributed by atoms with van der Waals surface area (Å²) in [5.74, 6) is -2.45. The normalized spacial score (nSPS) is 16.5. The molecule has 0 saturated carbocycles. The Morgan fingerprint density at radius 2 is 1.60 bits per heavy atom. The van der Waals surface area contributed by atoms with Gasteiger partial charge in [-0.25, -0.2) is 10.0 Å². The number of aliphatic hydroxyl groups excluding tert-OH is 1. The molecule has 0 bridgehead atoms. The molecule has 13 heteroatoms. The molecule has 1 aliphatic heterocycles. The van der Waals surface area contributed by atoms with Gasteiger partial charge < -0.3 is 14.7 Å². The maximum absolute atomic E-state index is 14.4. The van der Waals surface area contributed by atoms with Crippen LogP contribution in [0, 0.1) is 5.92 Å². The van der Waals surface area contributed by atoms with Crippen LogP contribution in [-0.4, -0.2) is 62.1 Å². The largest absolute Gasteiger partial charge is 0.489 e. The third-order valence-electron chi connectivity index (χ3n) is 7.54. The van der Waals surface area contributed by atoms with Crippen LogP contribution in [0.1, 0.15) is 44.4 Å². The van der Waals surface area contributed by atoms with Gasteiger partial charge in [0.15, 0.2) is 6.10 Å². The van der Waals surface area contributed by atoms with E-state index in [2.05, 4.69) is 0 Å². The molecule has 1 aliphatic rings. The quantitative estimate of drug-likeness (QED) is 0.250. The molecule has 0 saturated heterocycles. The molecule has 0 aliphatic carbocycles. The van der Waals surface area contributed by atoms with Crippen LogP contribution in [0.3, 0.4) is 0 Å². The molecular weight excluding hydrogens is 658 g/mol. The Kier molecular flexibility index (Phi) is 11.3. The van der Waals surface area contributed by atoms with Gasteiger partial charge >= 0.3 is 6.18 Å². The molecule has 47 heavy (non-hydrogen) atoms. The number of aliphatic hydroxyl groups is 1. The lowest BCUT2D eigenvalue weighted by Crippen LogP contribution is -2.65. The zero-order chi connectivity index (χ0) is 34.6. The van der Waals surface area contributed by atoms with Crippen molar-refractivity contribution in [2.45, 2.75) is 65.1 Å². The van der Waals surface area contributed by atoms with Crippen molar-refractivity contribution < 1.29 is 37.4 Å². The predicted octanol–water partition coefficient (Wildman–Crippen LogP) is 6.88. The molecule has 0 aromatic heterocycles. The van der Waals surface area contributed by atoms with Gasteiger partial charge in [-0.2, -0.15) is 13.2 Å². The SMILES string of the molecule is CC(=O)N1C=C(c2cccc(OCc3cc(Cl)cc(Cl)c3)c2)N(N(C(C)=O)C(Cc2ccccc2)C(O)C(F)(F)F)C(=O)[C@H]1C(C)C. The average molecular weight is 693 g/mol. The summed E-state index contributed by atoms with van der Waals surface area (Å²) in [6.07, 6.45) is -7.27. The van der Waals surface area contributed by atoms with Crippen LogP contribution in [-0.2, 0) is 27.4 Å². The van der Waals surface area contributed by atoms with E-state index in [-0.39, 0.29) is 17.9 Å². The first-order chi connectivity index (χ1) is 22.1. The van der Waals surface area contributed by atoms with E-state index in [0.29, 0.717) is 31.9 Å². The average Bonchev–Trinajstić information content (AvgIpc) is 2.99. The van der Waals surface area contributed by atoms with E-state index in [1.54, 1.807) is 80.6 Å². The number of ether oxygens (including phenoxy) is 1. The number of nitrogens with zero attached hydrogens (tertiary/aromatic N) is 3. The molecule has 0 fully saturated rings. The topological polar surface area (TPSA) is 90.4 Å². The molecule has 1 heterocycles. The lowest BCUT2D eigenvalue weighted by molar-refractivity contribution is -0.232. The summed E-state index contributed by atoms with van der Waals surface area (Å²) in [6.45, 7) is 5.68. The van der Waals surface area contributed by atoms with Gasteiger partial charge in [0.1, 0.15) is 18.4 Å². The van der Waals surface area contributed by atoms with Crippen LogP contribution in [0.5, 0.6) is 5.75 Å². The molecule has 3 aromatic carbocycles. The first kappa shape index (κ1) is 35.8. The van der Waals surface area contributed by atoms with Crippen LogP contribution in [0.25, 0.3) is 5.70 Å². The fraction of sp³-hybridized carbons (Fsp3) is 0.324. The lowest BCUT2D eigenvalue weighted by atomic mass is 9.96. The number of amides is 3. The number of alkyl halides is 3. The van der Waals surface area contributed by atoms with E-state index >= 15 is 0 Å². The van der Waals surface area contributed by atoms with Crippen molar-refractivity contribution in [3.05, 3.63) is 106 Å². The molecule has 8 nitrogen and oxygen atoms in total. The van der Waals surface area contributed by atoms with E-state index in [9.17, 15) is 32.7 Å². The van der Waals surface area contributed by atoms with Crippen LogP contribution in [0.4, 0.5) is 13.2 Å². The zero-order valence-corrected chi connectivity index (χ0v) is 27.6. The number of hydrogen-bond donors (Lipinski definition) is 1. The summed E-state index contributed by atoms with van der Waals surface area (Å²) in [7, 11) is 0. The van der Waals surface area contributed by atoms with Gasteiger partial charge in [0, 0.05) is 35.7 Å². The van der Waals surface area contributed by atoms with Gasteiger partial charge in [-0.1, -0.05) is 79.5 Å². The number of benzene rings is 3. The van der Waals surface area contributed by atoms with Crippen molar-refractivity contribution in [2.24, 2.45) is 5.92 Å². The van der Waals surface area contributed by atoms with Gasteiger partial charge in [-0.15, -0.1) is 0 Å². The Morgan fingerprint density at radius 3 is 2.15 bits per heavy atom. The number of rotatable bonds is 10. The maximum atomic E-state index is 14.4. The number of halogens is 5. The Balaban J connectivity index is 1.86. The van der Waals surface area contributed by atoms with Crippen molar-refractivity contribution in [1.29, 1.82) is 0 Å². The molecule has 4 rings (SSSR count). The molecule has 250 valence electrons. The van der Waals surface area contributed by atoms with Crippen LogP contribution >= 0.6 is 23.2 Å². The van der Waals surface area contributed by atoms with Crippen molar-refractivity contribution in [2.75, 3.05) is 0 Å². The number of carbonyl (C=O) groups is 3. The fourth-order valence-electron chi connectivity index (χ4n) is 5.48. The molecule has 1 N–H and O–H groups in total. The summed E-state index contributed by atoms with van der Waals surface area (Å²) in [6, 6.07) is 16.1. The smallest absolute Gasteiger partial charge is 0.416 e. The van der Waals surface area contributed by atoms with E-state index in [1.165, 1.54) is 24.1 Å². The second kappa shape index (κ2) is 14.8. The highest BCUT2D eigenvalue weighted by atomic mass is 35.5. The van der Waals surface area contributed by atoms with Crippen LogP contribution in [0.2, 0.25) is 10.0 Å². The minimum absolute atomic E-state index is 0.0525. The first-order valence-electron chi connectivity index (χ1n) is 14.7. The van der Waals surface area contributed by atoms with Crippen molar-refractivity contribution >= 4 is 46.6 Å². The Bertz CT molecular complexity index is 1630. The summed E-state index contributed by atoms with van der Waals surface area (Å²) >= 11 is 12.2. The molecule has 3 atom stereocenters. The standard InChI is InChI=1S/C34H34Cl2F3N3O5/c1-20(2)31-33(46)42(41(22(4)44)29(32(45)34(37,38)39)15-23-9-6-5-7-10-23)30(18-40(31)21(3)43)25-11-8-12-28(16-25)47-19-24-13-26(35)17-27(36)14-24/h5-14,16-18,20,29,31-32,45H,15,19H2,1-4H3/t29?,31-,32?/m1/s1. The minimum atomic E-state index is -5.14. The summed E-state index contributed by atoms with van der Waals surface area (Å²) in [5, 5.41) is 13.0. The highest BCUT2D eigenvalue weighted by molar-refractivity contribution is 6.34. The van der Waals surface area contributed by atoms with Gasteiger partial charge in [0.05, 0.1) is 11.7 Å². The second-order valence-corrected chi connectivity index (χ2v) is 12.4. The van der Waals surface area contributed by atoms with Crippen molar-refractivity contribution in [1.82, 2.24) is 14.9 Å². The molecule has 0 radical (unpaired) electrons. The van der Waals surface area contributed by atoms with Gasteiger partial charge in [-0.3, -0.25) is 14.4 Å². The Hall–Kier alpha value is -4.06. The van der Waals surface area contributed by atoms with Crippen molar-refractivity contribution in [3.8, 4) is 5.75 Å². The molecule has 2 unspecified atom stereocenters. The molecule has 3 amide bonds. The van der Waals surface area contributed by atoms with E-state index < -0.39 is 54.4 Å². The molecule has 3 aromatic rings. The molecular formula is C34H34Cl2F3N3O5. The third kappa shape index (κ3) is 8.46. The zero-order valence-electron chi connectivity index (χ0n) is 26.0. The Morgan fingerprint density at radius 1 is 0.957 bits per heavy atom. The summed E-state index contributed by atoms with van der Waals surface area (Å²) in [5.41, 5.74) is 1.24. The third-order valence-corrected chi connectivity index (χ3v) is 7.98. The molecule has 0 spiro atoms. The number of hydrazine groups is 1. The van der Waals surface area contributed by atoms with Crippen molar-refractivity contribution in [3.63, 3.8) is 0 Å². The first-order valence-corrected chi connectivity index (χ1v) is 15.5. The predicted molar refractivity (Wildman–Crippen MR) is 172 cm³/mol. The van der Waals surface area contributed by atoms with Gasteiger partial charge in [-0.05, 0) is 53.8 Å². The van der Waals surface area contributed by atoms with E-state index in [1.807, 2.05) is 0 Å². The highest BCUT2D eigenvalue weighted by Crippen LogP contribution is 2.36. The number of carbonyl (C=O) groups excluding carboxylic acids is 3. The van der Waals surface area contributed by atoms with Gasteiger partial charge in [0.25, 0.3) is 5.91 Å². The fourth-order valence-corrected chi connectivity index (χ4v) is 6.05. The highest BCUT2D eigenvalue weighted by Gasteiger charge is 2.51. The van der Waals surface area contributed by atoms with E-state index in [4.69, 9.17) is 27.9 Å². The maximum Gasteiger partial charge on any atom is 0.416 e. The number of hydrogen-bond acceptors (Lipinski definition) is 5. The Labute approximate surface area is 280 Å². The summed E-state index contributed by atoms with van der Waals surface area (Å²) in [4.78, 5) is 41.8. The van der Waals surface area contributed by atoms with Crippen LogP contribution < -0.4 is 4.74 Å². The van der Waals surface area contributed by atoms with Crippen LogP contribution in [0.15, 0.2) is 79.0 Å².